The Hall–Kier alpha value is -3.61. The van der Waals surface area contributed by atoms with Gasteiger partial charge in [-0.1, -0.05) is 18.2 Å². The molecule has 0 bridgehead atoms. The van der Waals surface area contributed by atoms with Crippen molar-refractivity contribution in [2.45, 2.75) is 6.54 Å². The number of rotatable bonds is 4. The van der Waals surface area contributed by atoms with Gasteiger partial charge in [-0.25, -0.2) is 14.4 Å². The quantitative estimate of drug-likeness (QED) is 0.597. The summed E-state index contributed by atoms with van der Waals surface area (Å²) >= 11 is 0. The van der Waals surface area contributed by atoms with Gasteiger partial charge in [0.2, 0.25) is 6.79 Å². The van der Waals surface area contributed by atoms with E-state index in [4.69, 9.17) is 9.47 Å². The van der Waals surface area contributed by atoms with Crippen LogP contribution in [-0.4, -0.2) is 21.2 Å². The Labute approximate surface area is 154 Å². The van der Waals surface area contributed by atoms with Crippen LogP contribution in [-0.2, 0) is 6.54 Å². The van der Waals surface area contributed by atoms with Crippen LogP contribution in [0.3, 0.4) is 0 Å². The van der Waals surface area contributed by atoms with Gasteiger partial charge in [0.1, 0.15) is 5.82 Å². The van der Waals surface area contributed by atoms with E-state index in [-0.39, 0.29) is 12.6 Å². The molecule has 2 aromatic carbocycles. The summed E-state index contributed by atoms with van der Waals surface area (Å²) in [6.07, 6.45) is 5.23. The van der Waals surface area contributed by atoms with Crippen molar-refractivity contribution in [3.05, 3.63) is 72.4 Å². The molecule has 27 heavy (non-hydrogen) atoms. The first kappa shape index (κ1) is 15.6. The minimum atomic E-state index is -0.280. The molecule has 0 fully saturated rings. The SMILES string of the molecule is Fc1cccc(-c2cnc3c(NCc4ccc5c(c4)OCO5)nccn23)c1. The summed E-state index contributed by atoms with van der Waals surface area (Å²) in [5, 5.41) is 3.31. The number of nitrogens with one attached hydrogen (secondary N) is 1. The van der Waals surface area contributed by atoms with Crippen LogP contribution in [0.4, 0.5) is 10.2 Å². The number of fused-ring (bicyclic) bond motifs is 2. The average molecular weight is 362 g/mol. The van der Waals surface area contributed by atoms with Crippen molar-refractivity contribution in [3.63, 3.8) is 0 Å². The number of hydrogen-bond acceptors (Lipinski definition) is 5. The lowest BCUT2D eigenvalue weighted by atomic mass is 10.1. The molecule has 134 valence electrons. The van der Waals surface area contributed by atoms with Gasteiger partial charge in [0, 0.05) is 24.5 Å². The minimum absolute atomic E-state index is 0.254. The molecule has 5 rings (SSSR count). The molecule has 0 saturated heterocycles. The van der Waals surface area contributed by atoms with Gasteiger partial charge in [0.15, 0.2) is 23.0 Å². The predicted molar refractivity (Wildman–Crippen MR) is 98.3 cm³/mol. The van der Waals surface area contributed by atoms with E-state index < -0.39 is 0 Å². The maximum atomic E-state index is 13.6. The van der Waals surface area contributed by atoms with Crippen molar-refractivity contribution >= 4 is 11.5 Å². The molecule has 6 nitrogen and oxygen atoms in total. The summed E-state index contributed by atoms with van der Waals surface area (Å²) in [7, 11) is 0. The van der Waals surface area contributed by atoms with Gasteiger partial charge in [0.25, 0.3) is 0 Å². The van der Waals surface area contributed by atoms with Gasteiger partial charge in [-0.05, 0) is 29.8 Å². The van der Waals surface area contributed by atoms with Gasteiger partial charge in [-0.2, -0.15) is 0 Å². The van der Waals surface area contributed by atoms with Crippen LogP contribution in [0.1, 0.15) is 5.56 Å². The largest absolute Gasteiger partial charge is 0.454 e. The summed E-state index contributed by atoms with van der Waals surface area (Å²) in [5.41, 5.74) is 3.28. The van der Waals surface area contributed by atoms with Crippen LogP contribution in [0.25, 0.3) is 16.9 Å². The Balaban J connectivity index is 1.44. The maximum Gasteiger partial charge on any atom is 0.231 e. The summed E-state index contributed by atoms with van der Waals surface area (Å²) in [6.45, 7) is 0.815. The van der Waals surface area contributed by atoms with Gasteiger partial charge in [-0.15, -0.1) is 0 Å². The Morgan fingerprint density at radius 3 is 2.93 bits per heavy atom. The molecule has 0 saturated carbocycles. The third-order valence-corrected chi connectivity index (χ3v) is 4.45. The van der Waals surface area contributed by atoms with E-state index in [1.807, 2.05) is 34.9 Å². The Kier molecular flexibility index (Phi) is 3.64. The number of aromatic nitrogens is 3. The monoisotopic (exact) mass is 362 g/mol. The Morgan fingerprint density at radius 2 is 2.00 bits per heavy atom. The topological polar surface area (TPSA) is 60.7 Å². The van der Waals surface area contributed by atoms with Gasteiger partial charge in [-0.3, -0.25) is 4.40 Å². The smallest absolute Gasteiger partial charge is 0.231 e. The molecule has 0 unspecified atom stereocenters. The van der Waals surface area contributed by atoms with Crippen molar-refractivity contribution in [2.24, 2.45) is 0 Å². The highest BCUT2D eigenvalue weighted by Crippen LogP contribution is 2.32. The highest BCUT2D eigenvalue weighted by Gasteiger charge is 2.14. The number of anilines is 1. The molecule has 0 radical (unpaired) electrons. The fourth-order valence-electron chi connectivity index (χ4n) is 3.14. The predicted octanol–water partition coefficient (Wildman–Crippen LogP) is 3.88. The number of ether oxygens (including phenoxy) is 2. The first-order valence-corrected chi connectivity index (χ1v) is 8.48. The highest BCUT2D eigenvalue weighted by molar-refractivity contribution is 5.70. The second-order valence-corrected chi connectivity index (χ2v) is 6.16. The standard InChI is InChI=1S/C20H15FN4O2/c21-15-3-1-2-14(9-15)16-11-24-20-19(22-6-7-25(16)20)23-10-13-4-5-17-18(8-13)27-12-26-17/h1-9,11H,10,12H2,(H,22,23). The van der Waals surface area contributed by atoms with Crippen LogP contribution in [0.15, 0.2) is 61.1 Å². The highest BCUT2D eigenvalue weighted by atomic mass is 19.1. The van der Waals surface area contributed by atoms with Gasteiger partial charge in [0.05, 0.1) is 11.9 Å². The average Bonchev–Trinajstić information content (AvgIpc) is 3.33. The second-order valence-electron chi connectivity index (χ2n) is 6.16. The fourth-order valence-corrected chi connectivity index (χ4v) is 3.14. The van der Waals surface area contributed by atoms with E-state index in [9.17, 15) is 4.39 Å². The van der Waals surface area contributed by atoms with Crippen LogP contribution < -0.4 is 14.8 Å². The van der Waals surface area contributed by atoms with E-state index >= 15 is 0 Å². The molecule has 0 spiro atoms. The molecule has 1 aliphatic rings. The zero-order valence-electron chi connectivity index (χ0n) is 14.2. The lowest BCUT2D eigenvalue weighted by Crippen LogP contribution is -2.04. The van der Waals surface area contributed by atoms with Crippen LogP contribution in [0.5, 0.6) is 11.5 Å². The van der Waals surface area contributed by atoms with Gasteiger partial charge >= 0.3 is 0 Å². The normalized spacial score (nSPS) is 12.5. The first-order valence-electron chi connectivity index (χ1n) is 8.48. The number of benzene rings is 2. The third-order valence-electron chi connectivity index (χ3n) is 4.45. The Morgan fingerprint density at radius 1 is 1.07 bits per heavy atom. The summed E-state index contributed by atoms with van der Waals surface area (Å²) in [4.78, 5) is 8.86. The molecule has 0 amide bonds. The van der Waals surface area contributed by atoms with Crippen LogP contribution >= 0.6 is 0 Å². The number of hydrogen-bond donors (Lipinski definition) is 1. The minimum Gasteiger partial charge on any atom is -0.454 e. The van der Waals surface area contributed by atoms with E-state index in [0.29, 0.717) is 18.0 Å². The summed E-state index contributed by atoms with van der Waals surface area (Å²) in [6, 6.07) is 12.3. The molecule has 2 aromatic heterocycles. The maximum absolute atomic E-state index is 13.6. The summed E-state index contributed by atoms with van der Waals surface area (Å²) < 4.78 is 26.2. The Bertz CT molecular complexity index is 1140. The van der Waals surface area contributed by atoms with Crippen molar-refractivity contribution in [1.29, 1.82) is 0 Å². The molecule has 3 heterocycles. The van der Waals surface area contributed by atoms with E-state index in [1.54, 1.807) is 18.5 Å². The van der Waals surface area contributed by atoms with Crippen LogP contribution in [0.2, 0.25) is 0 Å². The second kappa shape index (κ2) is 6.28. The van der Waals surface area contributed by atoms with Gasteiger partial charge < -0.3 is 14.8 Å². The van der Waals surface area contributed by atoms with Crippen LogP contribution in [0, 0.1) is 5.82 Å². The zero-order chi connectivity index (χ0) is 18.2. The first-order chi connectivity index (χ1) is 13.3. The lowest BCUT2D eigenvalue weighted by molar-refractivity contribution is 0.174. The lowest BCUT2D eigenvalue weighted by Gasteiger charge is -2.08. The number of nitrogens with zero attached hydrogens (tertiary/aromatic N) is 3. The zero-order valence-corrected chi connectivity index (χ0v) is 14.2. The third kappa shape index (κ3) is 2.83. The van der Waals surface area contributed by atoms with Crippen molar-refractivity contribution < 1.29 is 13.9 Å². The molecule has 0 aliphatic carbocycles. The van der Waals surface area contributed by atoms with E-state index in [0.717, 1.165) is 28.3 Å². The molecule has 4 aromatic rings. The number of halogens is 1. The van der Waals surface area contributed by atoms with Crippen molar-refractivity contribution in [1.82, 2.24) is 14.4 Å². The molecule has 7 heteroatoms. The molecular formula is C20H15FN4O2. The molecule has 0 atom stereocenters. The van der Waals surface area contributed by atoms with E-state index in [1.165, 1.54) is 12.1 Å². The molecule has 1 N–H and O–H groups in total. The van der Waals surface area contributed by atoms with Crippen molar-refractivity contribution in [3.8, 4) is 22.8 Å². The fraction of sp³-hybridized carbons (Fsp3) is 0.100. The molecular weight excluding hydrogens is 347 g/mol. The van der Waals surface area contributed by atoms with E-state index in [2.05, 4.69) is 15.3 Å². The molecule has 1 aliphatic heterocycles. The summed E-state index contributed by atoms with van der Waals surface area (Å²) in [5.74, 6) is 1.87. The number of imidazole rings is 1. The van der Waals surface area contributed by atoms with Crippen molar-refractivity contribution in [2.75, 3.05) is 12.1 Å².